The summed E-state index contributed by atoms with van der Waals surface area (Å²) in [5.41, 5.74) is -1.73. The third-order valence-corrected chi connectivity index (χ3v) is 4.49. The van der Waals surface area contributed by atoms with Crippen molar-refractivity contribution in [1.29, 1.82) is 0 Å². The number of halogens is 4. The largest absolute Gasteiger partial charge is 0.507 e. The number of alkyl halides is 3. The van der Waals surface area contributed by atoms with Gasteiger partial charge in [0.2, 0.25) is 0 Å². The van der Waals surface area contributed by atoms with Crippen molar-refractivity contribution in [3.8, 4) is 16.9 Å². The number of phenolic OH excluding ortho intramolecular Hbond substituents is 1. The van der Waals surface area contributed by atoms with Gasteiger partial charge in [-0.05, 0) is 31.5 Å². The van der Waals surface area contributed by atoms with Gasteiger partial charge in [0.1, 0.15) is 5.75 Å². The predicted octanol–water partition coefficient (Wildman–Crippen LogP) is 3.21. The average molecular weight is 374 g/mol. The molecular formula is C16H15ClF3N3O2. The molecule has 1 fully saturated rings. The van der Waals surface area contributed by atoms with Crippen LogP contribution in [0.2, 0.25) is 5.02 Å². The van der Waals surface area contributed by atoms with Gasteiger partial charge in [0, 0.05) is 18.3 Å². The van der Waals surface area contributed by atoms with E-state index < -0.39 is 23.0 Å². The van der Waals surface area contributed by atoms with Gasteiger partial charge in [-0.1, -0.05) is 11.6 Å². The molecule has 2 aromatic rings. The van der Waals surface area contributed by atoms with Crippen LogP contribution >= 0.6 is 11.6 Å². The summed E-state index contributed by atoms with van der Waals surface area (Å²) in [6.07, 6.45) is -0.386. The molecule has 1 aromatic carbocycles. The van der Waals surface area contributed by atoms with E-state index in [1.54, 1.807) is 0 Å². The first kappa shape index (κ1) is 17.8. The Morgan fingerprint density at radius 2 is 2.12 bits per heavy atom. The molecule has 25 heavy (non-hydrogen) atoms. The first-order valence-corrected chi connectivity index (χ1v) is 8.04. The monoisotopic (exact) mass is 373 g/mol. The lowest BCUT2D eigenvalue weighted by Crippen LogP contribution is -2.36. The zero-order chi connectivity index (χ0) is 18.2. The number of aromatic nitrogens is 2. The number of rotatable bonds is 2. The lowest BCUT2D eigenvalue weighted by atomic mass is 10.0. The number of phenols is 1. The number of hydrogen-bond acceptors (Lipinski definition) is 4. The van der Waals surface area contributed by atoms with Crippen molar-refractivity contribution in [2.45, 2.75) is 25.1 Å². The summed E-state index contributed by atoms with van der Waals surface area (Å²) < 4.78 is 39.9. The highest BCUT2D eigenvalue weighted by Crippen LogP contribution is 2.40. The molecule has 134 valence electrons. The zero-order valence-corrected chi connectivity index (χ0v) is 13.7. The quantitative estimate of drug-likeness (QED) is 0.848. The van der Waals surface area contributed by atoms with Crippen molar-refractivity contribution < 1.29 is 18.3 Å². The van der Waals surface area contributed by atoms with E-state index in [0.29, 0.717) is 18.7 Å². The summed E-state index contributed by atoms with van der Waals surface area (Å²) in [6, 6.07) is 1.14. The van der Waals surface area contributed by atoms with Crippen LogP contribution < -0.4 is 10.9 Å². The van der Waals surface area contributed by atoms with E-state index >= 15 is 0 Å². The van der Waals surface area contributed by atoms with Crippen LogP contribution in [0.1, 0.15) is 24.4 Å². The Kier molecular flexibility index (Phi) is 4.75. The number of nitrogens with one attached hydrogen (secondary N) is 1. The summed E-state index contributed by atoms with van der Waals surface area (Å²) >= 11 is 5.94. The Morgan fingerprint density at radius 1 is 1.36 bits per heavy atom. The summed E-state index contributed by atoms with van der Waals surface area (Å²) in [5.74, 6) is -0.710. The van der Waals surface area contributed by atoms with E-state index in [2.05, 4.69) is 10.3 Å². The minimum absolute atomic E-state index is 0.0377. The van der Waals surface area contributed by atoms with E-state index in [9.17, 15) is 23.1 Å². The SMILES string of the molecule is O=c1c(-c2c(O)cc(C(F)(F)F)cc2Cl)cncn1[C@H]1CCCNC1. The molecule has 1 saturated heterocycles. The highest BCUT2D eigenvalue weighted by Gasteiger charge is 2.33. The average Bonchev–Trinajstić information content (AvgIpc) is 2.55. The van der Waals surface area contributed by atoms with Crippen molar-refractivity contribution in [3.63, 3.8) is 0 Å². The third kappa shape index (κ3) is 3.50. The van der Waals surface area contributed by atoms with E-state index in [-0.39, 0.29) is 22.2 Å². The van der Waals surface area contributed by atoms with Crippen LogP contribution in [0.3, 0.4) is 0 Å². The van der Waals surface area contributed by atoms with Crippen LogP contribution in [-0.2, 0) is 6.18 Å². The molecule has 0 aliphatic carbocycles. The maximum atomic E-state index is 12.8. The van der Waals surface area contributed by atoms with Crippen LogP contribution in [-0.4, -0.2) is 27.7 Å². The topological polar surface area (TPSA) is 67.1 Å². The Morgan fingerprint density at radius 3 is 2.72 bits per heavy atom. The first-order chi connectivity index (χ1) is 11.8. The second kappa shape index (κ2) is 6.68. The molecule has 1 aliphatic heterocycles. The zero-order valence-electron chi connectivity index (χ0n) is 13.0. The smallest absolute Gasteiger partial charge is 0.416 e. The molecule has 0 spiro atoms. The van der Waals surface area contributed by atoms with Crippen molar-refractivity contribution in [2.24, 2.45) is 0 Å². The lowest BCUT2D eigenvalue weighted by Gasteiger charge is -2.25. The summed E-state index contributed by atoms with van der Waals surface area (Å²) in [4.78, 5) is 16.8. The van der Waals surface area contributed by atoms with Crippen molar-refractivity contribution >= 4 is 11.6 Å². The fourth-order valence-electron chi connectivity index (χ4n) is 2.95. The van der Waals surface area contributed by atoms with Gasteiger partial charge < -0.3 is 10.4 Å². The van der Waals surface area contributed by atoms with Crippen LogP contribution in [0.5, 0.6) is 5.75 Å². The molecule has 2 N–H and O–H groups in total. The number of aromatic hydroxyl groups is 1. The Bertz CT molecular complexity index is 822. The molecule has 3 rings (SSSR count). The van der Waals surface area contributed by atoms with Gasteiger partial charge in [-0.3, -0.25) is 9.36 Å². The molecule has 1 aromatic heterocycles. The Labute approximate surface area is 146 Å². The fourth-order valence-corrected chi connectivity index (χ4v) is 3.27. The van der Waals surface area contributed by atoms with Crippen molar-refractivity contribution in [3.05, 3.63) is 45.6 Å². The van der Waals surface area contributed by atoms with Crippen LogP contribution in [0.15, 0.2) is 29.5 Å². The van der Waals surface area contributed by atoms with Gasteiger partial charge in [0.25, 0.3) is 5.56 Å². The molecule has 0 saturated carbocycles. The van der Waals surface area contributed by atoms with Gasteiger partial charge in [-0.25, -0.2) is 4.98 Å². The van der Waals surface area contributed by atoms with Gasteiger partial charge in [0.05, 0.1) is 28.5 Å². The summed E-state index contributed by atoms with van der Waals surface area (Å²) in [6.45, 7) is 1.46. The number of hydrogen-bond donors (Lipinski definition) is 2. The van der Waals surface area contributed by atoms with Gasteiger partial charge >= 0.3 is 6.18 Å². The molecule has 1 atom stereocenters. The van der Waals surface area contributed by atoms with Crippen molar-refractivity contribution in [2.75, 3.05) is 13.1 Å². The molecule has 0 unspecified atom stereocenters. The second-order valence-electron chi connectivity index (χ2n) is 5.87. The van der Waals surface area contributed by atoms with Crippen LogP contribution in [0.25, 0.3) is 11.1 Å². The highest BCUT2D eigenvalue weighted by molar-refractivity contribution is 6.33. The maximum absolute atomic E-state index is 12.8. The maximum Gasteiger partial charge on any atom is 0.416 e. The fraction of sp³-hybridized carbons (Fsp3) is 0.375. The molecule has 0 radical (unpaired) electrons. The lowest BCUT2D eigenvalue weighted by molar-refractivity contribution is -0.137. The standard InChI is InChI=1S/C16H15ClF3N3O2/c17-12-4-9(16(18,19)20)5-13(24)14(12)11-7-22-8-23(15(11)25)10-2-1-3-21-6-10/h4-5,7-8,10,21,24H,1-3,6H2/t10-/m0/s1. The third-order valence-electron chi connectivity index (χ3n) is 4.19. The van der Waals surface area contributed by atoms with Gasteiger partial charge in [0.15, 0.2) is 0 Å². The number of nitrogens with zero attached hydrogens (tertiary/aromatic N) is 2. The van der Waals surface area contributed by atoms with Crippen LogP contribution in [0.4, 0.5) is 13.2 Å². The normalized spacial score (nSPS) is 18.3. The molecule has 1 aliphatic rings. The highest BCUT2D eigenvalue weighted by atomic mass is 35.5. The van der Waals surface area contributed by atoms with Crippen molar-refractivity contribution in [1.82, 2.24) is 14.9 Å². The molecule has 0 bridgehead atoms. The summed E-state index contributed by atoms with van der Waals surface area (Å²) in [5, 5.41) is 12.9. The molecule has 5 nitrogen and oxygen atoms in total. The van der Waals surface area contributed by atoms with E-state index in [1.807, 2.05) is 0 Å². The molecule has 0 amide bonds. The Balaban J connectivity index is 2.10. The van der Waals surface area contributed by atoms with E-state index in [4.69, 9.17) is 11.6 Å². The predicted molar refractivity (Wildman–Crippen MR) is 86.8 cm³/mol. The Hall–Kier alpha value is -2.06. The number of piperidine rings is 1. The first-order valence-electron chi connectivity index (χ1n) is 7.66. The van der Waals surface area contributed by atoms with E-state index in [1.165, 1.54) is 17.1 Å². The second-order valence-corrected chi connectivity index (χ2v) is 6.28. The minimum Gasteiger partial charge on any atom is -0.507 e. The molecule has 2 heterocycles. The molecule has 9 heteroatoms. The van der Waals surface area contributed by atoms with E-state index in [0.717, 1.165) is 19.4 Å². The minimum atomic E-state index is -4.65. The number of benzene rings is 1. The van der Waals surface area contributed by atoms with Gasteiger partial charge in [-0.2, -0.15) is 13.2 Å². The molecular weight excluding hydrogens is 359 g/mol. The van der Waals surface area contributed by atoms with Gasteiger partial charge in [-0.15, -0.1) is 0 Å². The van der Waals surface area contributed by atoms with Crippen LogP contribution in [0, 0.1) is 0 Å². The summed E-state index contributed by atoms with van der Waals surface area (Å²) in [7, 11) is 0.